The van der Waals surface area contributed by atoms with Crippen LogP contribution in [0.3, 0.4) is 0 Å². The van der Waals surface area contributed by atoms with Gasteiger partial charge in [0.25, 0.3) is 0 Å². The van der Waals surface area contributed by atoms with Gasteiger partial charge in [-0.3, -0.25) is 5.01 Å². The molecule has 0 N–H and O–H groups in total. The Labute approximate surface area is 114 Å². The van der Waals surface area contributed by atoms with Crippen LogP contribution < -0.4 is 0 Å². The van der Waals surface area contributed by atoms with E-state index in [-0.39, 0.29) is 0 Å². The number of ether oxygens (including phenoxy) is 1. The van der Waals surface area contributed by atoms with Gasteiger partial charge in [-0.2, -0.15) is 0 Å². The number of hydrazine groups is 1. The summed E-state index contributed by atoms with van der Waals surface area (Å²) < 4.78 is 5.34. The van der Waals surface area contributed by atoms with Crippen molar-refractivity contribution in [1.82, 2.24) is 10.0 Å². The molecule has 0 aliphatic rings. The molecule has 0 heterocycles. The van der Waals surface area contributed by atoms with Gasteiger partial charge in [0.15, 0.2) is 5.17 Å². The molecule has 0 aromatic heterocycles. The van der Waals surface area contributed by atoms with Crippen molar-refractivity contribution in [3.05, 3.63) is 12.8 Å². The molecule has 0 aliphatic heterocycles. The molecule has 0 aromatic rings. The quantitative estimate of drug-likeness (QED) is 0.441. The van der Waals surface area contributed by atoms with Crippen LogP contribution in [0.4, 0.5) is 4.79 Å². The molecule has 0 saturated carbocycles. The smallest absolute Gasteiger partial charge is 0.429 e. The van der Waals surface area contributed by atoms with E-state index in [1.54, 1.807) is 12.1 Å². The molecule has 0 rings (SSSR count). The molecule has 6 heteroatoms. The zero-order valence-electron chi connectivity index (χ0n) is 12.1. The highest BCUT2D eigenvalue weighted by molar-refractivity contribution is 8.13. The molecule has 0 aromatic carbocycles. The van der Waals surface area contributed by atoms with Crippen molar-refractivity contribution < 1.29 is 9.53 Å². The Balaban J connectivity index is 4.91. The zero-order valence-corrected chi connectivity index (χ0v) is 12.9. The van der Waals surface area contributed by atoms with Crippen molar-refractivity contribution in [3.63, 3.8) is 0 Å². The molecule has 104 valence electrons. The van der Waals surface area contributed by atoms with E-state index in [2.05, 4.69) is 11.6 Å². The first-order valence-corrected chi connectivity index (χ1v) is 6.96. The Morgan fingerprint density at radius 2 is 2.06 bits per heavy atom. The van der Waals surface area contributed by atoms with Gasteiger partial charge in [0.2, 0.25) is 0 Å². The minimum atomic E-state index is -0.513. The van der Waals surface area contributed by atoms with Crippen molar-refractivity contribution in [2.45, 2.75) is 33.3 Å². The number of hydrogen-bond acceptors (Lipinski definition) is 4. The second kappa shape index (κ2) is 7.31. The fourth-order valence-electron chi connectivity index (χ4n) is 1.23. The van der Waals surface area contributed by atoms with E-state index in [1.807, 2.05) is 34.0 Å². The number of carbonyl (C=O) groups is 1. The number of carbonyl (C=O) groups excluding carboxylic acids is 1. The molecule has 18 heavy (non-hydrogen) atoms. The summed E-state index contributed by atoms with van der Waals surface area (Å²) in [5.74, 6) is 0. The SMILES string of the molecule is C=CN=C(SC)N(C)N(CC)C(=O)OC(C)(C)C. The number of thioether (sulfide) groups is 1. The summed E-state index contributed by atoms with van der Waals surface area (Å²) in [5.41, 5.74) is -0.513. The van der Waals surface area contributed by atoms with E-state index in [0.29, 0.717) is 11.7 Å². The Morgan fingerprint density at radius 1 is 1.50 bits per heavy atom. The van der Waals surface area contributed by atoms with Crippen molar-refractivity contribution in [1.29, 1.82) is 0 Å². The van der Waals surface area contributed by atoms with Crippen LogP contribution in [0.5, 0.6) is 0 Å². The lowest BCUT2D eigenvalue weighted by Gasteiger charge is -2.33. The summed E-state index contributed by atoms with van der Waals surface area (Å²) in [7, 11) is 1.77. The maximum atomic E-state index is 12.0. The molecule has 0 fully saturated rings. The lowest BCUT2D eigenvalue weighted by Crippen LogP contribution is -2.48. The lowest BCUT2D eigenvalue weighted by atomic mass is 10.2. The van der Waals surface area contributed by atoms with Crippen LogP contribution >= 0.6 is 11.8 Å². The summed E-state index contributed by atoms with van der Waals surface area (Å²) in [6.45, 7) is 11.5. The van der Waals surface area contributed by atoms with E-state index in [4.69, 9.17) is 4.74 Å². The van der Waals surface area contributed by atoms with Gasteiger partial charge in [0, 0.05) is 19.8 Å². The van der Waals surface area contributed by atoms with Crippen LogP contribution in [0.25, 0.3) is 0 Å². The molecule has 0 bridgehead atoms. The minimum absolute atomic E-state index is 0.390. The number of amides is 1. The molecular weight excluding hydrogens is 250 g/mol. The van der Waals surface area contributed by atoms with Gasteiger partial charge in [0.05, 0.1) is 0 Å². The summed E-state index contributed by atoms with van der Waals surface area (Å²) in [5, 5.41) is 3.84. The van der Waals surface area contributed by atoms with E-state index in [0.717, 1.165) is 0 Å². The normalized spacial score (nSPS) is 12.0. The summed E-state index contributed by atoms with van der Waals surface area (Å²) in [6.07, 6.45) is 2.95. The zero-order chi connectivity index (χ0) is 14.3. The third kappa shape index (κ3) is 5.44. The number of amidine groups is 1. The number of aliphatic imine (C=N–C) groups is 1. The largest absolute Gasteiger partial charge is 0.442 e. The summed E-state index contributed by atoms with van der Waals surface area (Å²) in [6, 6.07) is 0. The average Bonchev–Trinajstić information content (AvgIpc) is 2.24. The molecule has 0 unspecified atom stereocenters. The van der Waals surface area contributed by atoms with Crippen LogP contribution in [-0.4, -0.2) is 46.7 Å². The Bertz CT molecular complexity index is 324. The number of nitrogens with zero attached hydrogens (tertiary/aromatic N) is 3. The van der Waals surface area contributed by atoms with Gasteiger partial charge in [-0.05, 0) is 34.0 Å². The van der Waals surface area contributed by atoms with E-state index in [9.17, 15) is 4.79 Å². The van der Waals surface area contributed by atoms with Crippen LogP contribution in [0, 0.1) is 0 Å². The fourth-order valence-corrected chi connectivity index (χ4v) is 1.77. The third-order valence-electron chi connectivity index (χ3n) is 1.93. The first-order chi connectivity index (χ1) is 8.26. The summed E-state index contributed by atoms with van der Waals surface area (Å²) in [4.78, 5) is 16.1. The lowest BCUT2D eigenvalue weighted by molar-refractivity contribution is -0.00997. The van der Waals surface area contributed by atoms with Crippen molar-refractivity contribution in [2.24, 2.45) is 4.99 Å². The molecule has 0 aliphatic carbocycles. The van der Waals surface area contributed by atoms with E-state index >= 15 is 0 Å². The average molecular weight is 273 g/mol. The van der Waals surface area contributed by atoms with Gasteiger partial charge in [-0.15, -0.1) is 0 Å². The maximum Gasteiger partial charge on any atom is 0.429 e. The molecule has 0 saturated heterocycles. The fraction of sp³-hybridized carbons (Fsp3) is 0.667. The van der Waals surface area contributed by atoms with Crippen molar-refractivity contribution >= 4 is 23.0 Å². The van der Waals surface area contributed by atoms with Crippen molar-refractivity contribution in [3.8, 4) is 0 Å². The van der Waals surface area contributed by atoms with E-state index < -0.39 is 11.7 Å². The topological polar surface area (TPSA) is 45.1 Å². The predicted octanol–water partition coefficient (Wildman–Crippen LogP) is 2.95. The third-order valence-corrected chi connectivity index (χ3v) is 2.66. The van der Waals surface area contributed by atoms with Crippen LogP contribution in [0.2, 0.25) is 0 Å². The Hall–Kier alpha value is -1.17. The second-order valence-electron chi connectivity index (χ2n) is 4.52. The van der Waals surface area contributed by atoms with Gasteiger partial charge in [-0.25, -0.2) is 14.8 Å². The number of rotatable bonds is 2. The molecule has 1 amide bonds. The van der Waals surface area contributed by atoms with Gasteiger partial charge < -0.3 is 4.74 Å². The van der Waals surface area contributed by atoms with E-state index in [1.165, 1.54) is 23.0 Å². The van der Waals surface area contributed by atoms with Crippen molar-refractivity contribution in [2.75, 3.05) is 19.8 Å². The molecular formula is C12H23N3O2S. The first kappa shape index (κ1) is 16.8. The number of hydrogen-bond donors (Lipinski definition) is 0. The monoisotopic (exact) mass is 273 g/mol. The summed E-state index contributed by atoms with van der Waals surface area (Å²) >= 11 is 1.44. The highest BCUT2D eigenvalue weighted by Gasteiger charge is 2.25. The minimum Gasteiger partial charge on any atom is -0.442 e. The van der Waals surface area contributed by atoms with Crippen LogP contribution in [0.15, 0.2) is 17.8 Å². The highest BCUT2D eigenvalue weighted by atomic mass is 32.2. The van der Waals surface area contributed by atoms with Crippen LogP contribution in [-0.2, 0) is 4.74 Å². The first-order valence-electron chi connectivity index (χ1n) is 5.73. The van der Waals surface area contributed by atoms with Crippen LogP contribution in [0.1, 0.15) is 27.7 Å². The Morgan fingerprint density at radius 3 is 2.39 bits per heavy atom. The Kier molecular flexibility index (Phi) is 6.83. The predicted molar refractivity (Wildman–Crippen MR) is 77.5 cm³/mol. The maximum absolute atomic E-state index is 12.0. The highest BCUT2D eigenvalue weighted by Crippen LogP contribution is 2.13. The molecule has 0 radical (unpaired) electrons. The standard InChI is InChI=1S/C12H23N3O2S/c1-8-13-10(18-7)14(6)15(9-2)11(16)17-12(3,4)5/h8H,1,9H2,2-7H3. The molecule has 5 nitrogen and oxygen atoms in total. The molecule has 0 atom stereocenters. The second-order valence-corrected chi connectivity index (χ2v) is 5.29. The van der Waals surface area contributed by atoms with Gasteiger partial charge in [0.1, 0.15) is 5.60 Å². The van der Waals surface area contributed by atoms with Gasteiger partial charge in [-0.1, -0.05) is 18.3 Å². The molecule has 0 spiro atoms. The van der Waals surface area contributed by atoms with Gasteiger partial charge >= 0.3 is 6.09 Å².